The maximum absolute atomic E-state index is 12.3. The van der Waals surface area contributed by atoms with E-state index in [1.165, 1.54) is 17.7 Å². The van der Waals surface area contributed by atoms with Crippen molar-refractivity contribution in [1.82, 2.24) is 0 Å². The molecule has 0 amide bonds. The van der Waals surface area contributed by atoms with Crippen molar-refractivity contribution in [1.29, 1.82) is 0 Å². The van der Waals surface area contributed by atoms with Crippen LogP contribution in [0.3, 0.4) is 0 Å². The highest BCUT2D eigenvalue weighted by atomic mass is 32.1. The minimum absolute atomic E-state index is 0.0920. The predicted molar refractivity (Wildman–Crippen MR) is 85.2 cm³/mol. The second-order valence-corrected chi connectivity index (χ2v) is 7.91. The molecular formula is C17H28NO2S+. The molecule has 0 aromatic carbocycles. The summed E-state index contributed by atoms with van der Waals surface area (Å²) in [6.45, 7) is 11.2. The molecule has 1 saturated carbocycles. The first-order valence-electron chi connectivity index (χ1n) is 8.02. The summed E-state index contributed by atoms with van der Waals surface area (Å²) in [4.78, 5) is 13.5. The van der Waals surface area contributed by atoms with Crippen LogP contribution >= 0.6 is 11.3 Å². The molecule has 3 atom stereocenters. The molecule has 3 nitrogen and oxygen atoms in total. The van der Waals surface area contributed by atoms with Gasteiger partial charge < -0.3 is 4.74 Å². The lowest BCUT2D eigenvalue weighted by Gasteiger charge is -2.36. The number of thiazole rings is 1. The van der Waals surface area contributed by atoms with Crippen LogP contribution in [0.1, 0.15) is 50.6 Å². The van der Waals surface area contributed by atoms with Gasteiger partial charge in [0.1, 0.15) is 6.10 Å². The molecule has 1 aromatic rings. The lowest BCUT2D eigenvalue weighted by molar-refractivity contribution is -0.687. The molecule has 0 bridgehead atoms. The molecule has 0 N–H and O–H groups in total. The Morgan fingerprint density at radius 2 is 2.14 bits per heavy atom. The highest BCUT2D eigenvalue weighted by molar-refractivity contribution is 7.09. The van der Waals surface area contributed by atoms with E-state index < -0.39 is 0 Å². The van der Waals surface area contributed by atoms with Crippen molar-refractivity contribution in [2.75, 3.05) is 0 Å². The van der Waals surface area contributed by atoms with Gasteiger partial charge in [-0.2, -0.15) is 4.57 Å². The van der Waals surface area contributed by atoms with Crippen molar-refractivity contribution in [3.8, 4) is 0 Å². The Balaban J connectivity index is 1.98. The maximum atomic E-state index is 12.3. The van der Waals surface area contributed by atoms with Crippen LogP contribution < -0.4 is 4.57 Å². The second kappa shape index (κ2) is 6.91. The first-order chi connectivity index (χ1) is 9.88. The third-order valence-corrected chi connectivity index (χ3v) is 5.85. The molecule has 0 spiro atoms. The summed E-state index contributed by atoms with van der Waals surface area (Å²) in [5.41, 5.74) is 3.17. The Morgan fingerprint density at radius 1 is 1.43 bits per heavy atom. The number of hydrogen-bond acceptors (Lipinski definition) is 3. The number of carbonyl (C=O) groups is 1. The third-order valence-electron chi connectivity index (χ3n) is 4.84. The quantitative estimate of drug-likeness (QED) is 0.627. The fourth-order valence-corrected chi connectivity index (χ4v) is 4.07. The Labute approximate surface area is 132 Å². The minimum Gasteiger partial charge on any atom is -0.457 e. The molecule has 0 saturated heterocycles. The topological polar surface area (TPSA) is 30.2 Å². The first kappa shape index (κ1) is 16.5. The van der Waals surface area contributed by atoms with Gasteiger partial charge in [-0.3, -0.25) is 0 Å². The highest BCUT2D eigenvalue weighted by Crippen LogP contribution is 2.35. The van der Waals surface area contributed by atoms with Crippen LogP contribution in [-0.4, -0.2) is 12.1 Å². The zero-order valence-corrected chi connectivity index (χ0v) is 14.7. The smallest absolute Gasteiger partial charge is 0.373 e. The van der Waals surface area contributed by atoms with Crippen molar-refractivity contribution in [3.63, 3.8) is 0 Å². The number of ether oxygens (including phenoxy) is 1. The molecule has 1 aliphatic rings. The SMILES string of the molecule is Cc1sc[n+](CC(=O)O[C@@H]2C[C@H](C)CC[C@@H]2C(C)C)c1C. The van der Waals surface area contributed by atoms with Gasteiger partial charge in [0, 0.05) is 6.92 Å². The van der Waals surface area contributed by atoms with E-state index in [1.54, 1.807) is 11.3 Å². The summed E-state index contributed by atoms with van der Waals surface area (Å²) in [7, 11) is 0. The average molecular weight is 310 g/mol. The molecule has 4 heteroatoms. The number of aryl methyl sites for hydroxylation is 1. The number of rotatable bonds is 4. The van der Waals surface area contributed by atoms with Crippen molar-refractivity contribution in [3.05, 3.63) is 16.1 Å². The molecule has 21 heavy (non-hydrogen) atoms. The van der Waals surface area contributed by atoms with E-state index in [4.69, 9.17) is 4.74 Å². The molecule has 1 aliphatic carbocycles. The van der Waals surface area contributed by atoms with Crippen LogP contribution in [0.25, 0.3) is 0 Å². The zero-order valence-electron chi connectivity index (χ0n) is 13.9. The average Bonchev–Trinajstić information content (AvgIpc) is 2.70. The number of hydrogen-bond donors (Lipinski definition) is 0. The van der Waals surface area contributed by atoms with Gasteiger partial charge in [0.2, 0.25) is 12.1 Å². The lowest BCUT2D eigenvalue weighted by atomic mass is 9.75. The van der Waals surface area contributed by atoms with Gasteiger partial charge in [-0.05, 0) is 37.5 Å². The van der Waals surface area contributed by atoms with E-state index in [-0.39, 0.29) is 12.1 Å². The van der Waals surface area contributed by atoms with E-state index in [0.29, 0.717) is 24.3 Å². The zero-order chi connectivity index (χ0) is 15.6. The Bertz CT molecular complexity index is 495. The number of esters is 1. The van der Waals surface area contributed by atoms with E-state index in [0.717, 1.165) is 12.1 Å². The molecule has 1 heterocycles. The molecule has 1 aromatic heterocycles. The van der Waals surface area contributed by atoms with E-state index in [2.05, 4.69) is 34.6 Å². The van der Waals surface area contributed by atoms with Gasteiger partial charge in [-0.25, -0.2) is 4.79 Å². The summed E-state index contributed by atoms with van der Waals surface area (Å²) in [6, 6.07) is 0. The Morgan fingerprint density at radius 3 is 2.71 bits per heavy atom. The Kier molecular flexibility index (Phi) is 5.42. The molecule has 2 rings (SSSR count). The molecule has 0 radical (unpaired) electrons. The fraction of sp³-hybridized carbons (Fsp3) is 0.765. The lowest BCUT2D eigenvalue weighted by Crippen LogP contribution is -2.43. The van der Waals surface area contributed by atoms with Crippen molar-refractivity contribution in [2.45, 2.75) is 66.5 Å². The fourth-order valence-electron chi connectivity index (χ4n) is 3.26. The monoisotopic (exact) mass is 310 g/mol. The van der Waals surface area contributed by atoms with Gasteiger partial charge in [0.15, 0.2) is 5.69 Å². The van der Waals surface area contributed by atoms with E-state index in [1.807, 2.05) is 10.1 Å². The normalized spacial score (nSPS) is 26.1. The highest BCUT2D eigenvalue weighted by Gasteiger charge is 2.34. The van der Waals surface area contributed by atoms with E-state index >= 15 is 0 Å². The van der Waals surface area contributed by atoms with Crippen molar-refractivity contribution >= 4 is 17.3 Å². The van der Waals surface area contributed by atoms with Gasteiger partial charge in [0.05, 0.1) is 4.88 Å². The second-order valence-electron chi connectivity index (χ2n) is 6.85. The van der Waals surface area contributed by atoms with Crippen LogP contribution in [0, 0.1) is 31.6 Å². The summed E-state index contributed by atoms with van der Waals surface area (Å²) < 4.78 is 7.85. The van der Waals surface area contributed by atoms with Crippen LogP contribution in [0.5, 0.6) is 0 Å². The Hall–Kier alpha value is -0.900. The first-order valence-corrected chi connectivity index (χ1v) is 8.90. The van der Waals surface area contributed by atoms with E-state index in [9.17, 15) is 4.79 Å². The van der Waals surface area contributed by atoms with Crippen LogP contribution in [-0.2, 0) is 16.1 Å². The van der Waals surface area contributed by atoms with Crippen molar-refractivity contribution < 1.29 is 14.1 Å². The summed E-state index contributed by atoms with van der Waals surface area (Å²) >= 11 is 1.68. The molecular weight excluding hydrogens is 282 g/mol. The van der Waals surface area contributed by atoms with Gasteiger partial charge in [-0.15, -0.1) is 0 Å². The van der Waals surface area contributed by atoms with Gasteiger partial charge >= 0.3 is 5.97 Å². The third kappa shape index (κ3) is 4.06. The largest absolute Gasteiger partial charge is 0.457 e. The van der Waals surface area contributed by atoms with Crippen molar-refractivity contribution in [2.24, 2.45) is 17.8 Å². The molecule has 118 valence electrons. The molecule has 1 fully saturated rings. The van der Waals surface area contributed by atoms with Gasteiger partial charge in [0.25, 0.3) is 0 Å². The predicted octanol–water partition coefficient (Wildman–Crippen LogP) is 3.66. The summed E-state index contributed by atoms with van der Waals surface area (Å²) in [6.07, 6.45) is 3.55. The summed E-state index contributed by atoms with van der Waals surface area (Å²) in [5.74, 6) is 1.66. The van der Waals surface area contributed by atoms with Crippen LogP contribution in [0.15, 0.2) is 5.51 Å². The van der Waals surface area contributed by atoms with Crippen LogP contribution in [0.4, 0.5) is 0 Å². The molecule has 0 aliphatic heterocycles. The van der Waals surface area contributed by atoms with Gasteiger partial charge in [-0.1, -0.05) is 38.5 Å². The standard InChI is InChI=1S/C17H28NO2S/c1-11(2)15-7-6-12(3)8-16(15)20-17(19)9-18-10-21-14(5)13(18)4/h10-12,15-16H,6-9H2,1-5H3/q+1/t12-,15-,16-/m1/s1. The number of carbonyl (C=O) groups excluding carboxylic acids is 1. The van der Waals surface area contributed by atoms with Crippen LogP contribution in [0.2, 0.25) is 0 Å². The molecule has 0 unspecified atom stereocenters. The maximum Gasteiger partial charge on any atom is 0.373 e. The number of aromatic nitrogens is 1. The number of nitrogens with zero attached hydrogens (tertiary/aromatic N) is 1. The minimum atomic E-state index is -0.0920. The summed E-state index contributed by atoms with van der Waals surface area (Å²) in [5, 5.41) is 0.